The van der Waals surface area contributed by atoms with E-state index in [4.69, 9.17) is 4.74 Å². The van der Waals surface area contributed by atoms with E-state index in [1.54, 1.807) is 18.2 Å². The van der Waals surface area contributed by atoms with Crippen molar-refractivity contribution in [3.8, 4) is 11.5 Å². The summed E-state index contributed by atoms with van der Waals surface area (Å²) in [5.74, 6) is -0.432. The van der Waals surface area contributed by atoms with Gasteiger partial charge in [0.15, 0.2) is 11.5 Å². The molecule has 0 spiro atoms. The van der Waals surface area contributed by atoms with Gasteiger partial charge in [-0.1, -0.05) is 6.07 Å². The normalized spacial score (nSPS) is 16.9. The Labute approximate surface area is 130 Å². The summed E-state index contributed by atoms with van der Waals surface area (Å²) in [6, 6.07) is 4.70. The van der Waals surface area contributed by atoms with Crippen LogP contribution in [0, 0.1) is 0 Å². The molecule has 6 nitrogen and oxygen atoms in total. The third-order valence-electron chi connectivity index (χ3n) is 3.39. The minimum Gasteiger partial charge on any atom is -0.504 e. The molecule has 1 fully saturated rings. The predicted octanol–water partition coefficient (Wildman–Crippen LogP) is 0.678. The van der Waals surface area contributed by atoms with E-state index in [0.717, 1.165) is 31.7 Å². The zero-order chi connectivity index (χ0) is 14.5. The van der Waals surface area contributed by atoms with Gasteiger partial charge in [-0.05, 0) is 17.7 Å². The van der Waals surface area contributed by atoms with Crippen LogP contribution in [0.4, 0.5) is 0 Å². The van der Waals surface area contributed by atoms with Gasteiger partial charge in [-0.2, -0.15) is 0 Å². The lowest BCUT2D eigenvalue weighted by atomic mass is 10.0. The molecule has 1 heterocycles. The lowest BCUT2D eigenvalue weighted by molar-refractivity contribution is -0.132. The van der Waals surface area contributed by atoms with Crippen molar-refractivity contribution in [2.45, 2.75) is 13.0 Å². The first-order chi connectivity index (χ1) is 9.61. The van der Waals surface area contributed by atoms with Gasteiger partial charge in [0.2, 0.25) is 0 Å². The first kappa shape index (κ1) is 17.7. The molecule has 118 valence electrons. The molecule has 0 aromatic heterocycles. The summed E-state index contributed by atoms with van der Waals surface area (Å²) < 4.78 is 4.88. The number of hydrogen-bond acceptors (Lipinski definition) is 6. The number of halogens is 1. The zero-order valence-electron chi connectivity index (χ0n) is 11.9. The molecule has 0 radical (unpaired) electrons. The maximum Gasteiger partial charge on any atom is 0.308 e. The van der Waals surface area contributed by atoms with Gasteiger partial charge in [-0.3, -0.25) is 9.69 Å². The van der Waals surface area contributed by atoms with Gasteiger partial charge in [0.1, 0.15) is 0 Å². The van der Waals surface area contributed by atoms with Crippen molar-refractivity contribution >= 4 is 18.4 Å². The number of piperazine rings is 1. The minimum atomic E-state index is -0.478. The topological polar surface area (TPSA) is 82.0 Å². The molecular weight excluding hydrogens is 296 g/mol. The first-order valence-corrected chi connectivity index (χ1v) is 6.68. The maximum absolute atomic E-state index is 10.9. The Morgan fingerprint density at radius 1 is 1.43 bits per heavy atom. The average Bonchev–Trinajstić information content (AvgIpc) is 2.43. The van der Waals surface area contributed by atoms with Crippen LogP contribution in [0.15, 0.2) is 18.2 Å². The van der Waals surface area contributed by atoms with Crippen molar-refractivity contribution in [3.05, 3.63) is 23.8 Å². The molecule has 1 aromatic rings. The molecule has 1 atom stereocenters. The molecule has 0 unspecified atom stereocenters. The van der Waals surface area contributed by atoms with Crippen LogP contribution < -0.4 is 10.1 Å². The number of aliphatic hydroxyl groups is 1. The van der Waals surface area contributed by atoms with Crippen molar-refractivity contribution in [3.63, 3.8) is 0 Å². The molecular formula is C14H21ClN2O4. The van der Waals surface area contributed by atoms with E-state index in [-0.39, 0.29) is 36.6 Å². The van der Waals surface area contributed by atoms with Gasteiger partial charge < -0.3 is 20.3 Å². The van der Waals surface area contributed by atoms with Gasteiger partial charge in [0.25, 0.3) is 0 Å². The van der Waals surface area contributed by atoms with E-state index >= 15 is 0 Å². The molecule has 2 rings (SSSR count). The monoisotopic (exact) mass is 316 g/mol. The van der Waals surface area contributed by atoms with Crippen LogP contribution in [0.5, 0.6) is 11.5 Å². The Kier molecular flexibility index (Phi) is 6.91. The maximum atomic E-state index is 10.9. The number of nitrogens with zero attached hydrogens (tertiary/aromatic N) is 1. The van der Waals surface area contributed by atoms with Gasteiger partial charge in [0, 0.05) is 33.1 Å². The molecule has 0 aliphatic carbocycles. The standard InChI is InChI=1S/C14H20N2O4.ClH/c1-10(18)20-14-3-2-11(8-13(14)19)12(9-17)16-6-4-15-5-7-16;/h2-3,8,12,15,17,19H,4-7,9H2,1H3;1H/t12-;/m0./s1. The second-order valence-electron chi connectivity index (χ2n) is 4.81. The second kappa shape index (κ2) is 8.19. The van der Waals surface area contributed by atoms with Gasteiger partial charge in [-0.25, -0.2) is 0 Å². The Balaban J connectivity index is 0.00000220. The second-order valence-corrected chi connectivity index (χ2v) is 4.81. The average molecular weight is 317 g/mol. The quantitative estimate of drug-likeness (QED) is 0.560. The van der Waals surface area contributed by atoms with Crippen LogP contribution in [0.1, 0.15) is 18.5 Å². The van der Waals surface area contributed by atoms with E-state index < -0.39 is 5.97 Å². The van der Waals surface area contributed by atoms with Gasteiger partial charge in [-0.15, -0.1) is 12.4 Å². The molecule has 1 aliphatic heterocycles. The zero-order valence-corrected chi connectivity index (χ0v) is 12.7. The van der Waals surface area contributed by atoms with E-state index in [9.17, 15) is 15.0 Å². The Bertz CT molecular complexity index is 478. The summed E-state index contributed by atoms with van der Waals surface area (Å²) >= 11 is 0. The van der Waals surface area contributed by atoms with E-state index in [0.29, 0.717) is 0 Å². The summed E-state index contributed by atoms with van der Waals surface area (Å²) in [5, 5.41) is 22.8. The van der Waals surface area contributed by atoms with E-state index in [1.165, 1.54) is 6.92 Å². The van der Waals surface area contributed by atoms with Gasteiger partial charge >= 0.3 is 5.97 Å². The number of nitrogens with one attached hydrogen (secondary N) is 1. The van der Waals surface area contributed by atoms with E-state index in [1.807, 2.05) is 0 Å². The Morgan fingerprint density at radius 2 is 2.10 bits per heavy atom. The van der Waals surface area contributed by atoms with Crippen LogP contribution in [0.25, 0.3) is 0 Å². The third kappa shape index (κ3) is 4.57. The number of aromatic hydroxyl groups is 1. The van der Waals surface area contributed by atoms with Crippen LogP contribution in [-0.4, -0.2) is 53.9 Å². The number of ether oxygens (including phenoxy) is 1. The molecule has 3 N–H and O–H groups in total. The fraction of sp³-hybridized carbons (Fsp3) is 0.500. The largest absolute Gasteiger partial charge is 0.504 e. The van der Waals surface area contributed by atoms with Crippen molar-refractivity contribution in [2.75, 3.05) is 32.8 Å². The summed E-state index contributed by atoms with van der Waals surface area (Å²) in [4.78, 5) is 13.1. The minimum absolute atomic E-state index is 0. The molecule has 7 heteroatoms. The van der Waals surface area contributed by atoms with Crippen LogP contribution in [0.2, 0.25) is 0 Å². The Hall–Kier alpha value is -1.34. The number of carbonyl (C=O) groups excluding carboxylic acids is 1. The number of benzene rings is 1. The third-order valence-corrected chi connectivity index (χ3v) is 3.39. The highest BCUT2D eigenvalue weighted by molar-refractivity contribution is 5.85. The fourth-order valence-electron chi connectivity index (χ4n) is 2.41. The molecule has 0 amide bonds. The van der Waals surface area contributed by atoms with Crippen molar-refractivity contribution < 1.29 is 19.7 Å². The summed E-state index contributed by atoms with van der Waals surface area (Å²) in [5.41, 5.74) is 0.808. The molecule has 0 bridgehead atoms. The number of aliphatic hydroxyl groups excluding tert-OH is 1. The lowest BCUT2D eigenvalue weighted by Crippen LogP contribution is -2.46. The predicted molar refractivity (Wildman–Crippen MR) is 80.9 cm³/mol. The highest BCUT2D eigenvalue weighted by Crippen LogP contribution is 2.31. The van der Waals surface area contributed by atoms with Gasteiger partial charge in [0.05, 0.1) is 12.6 Å². The molecule has 21 heavy (non-hydrogen) atoms. The highest BCUT2D eigenvalue weighted by Gasteiger charge is 2.22. The number of rotatable bonds is 4. The number of phenols is 1. The van der Waals surface area contributed by atoms with Crippen LogP contribution in [-0.2, 0) is 4.79 Å². The molecule has 1 aromatic carbocycles. The summed E-state index contributed by atoms with van der Waals surface area (Å²) in [6.45, 7) is 4.72. The molecule has 0 saturated carbocycles. The van der Waals surface area contributed by atoms with E-state index in [2.05, 4.69) is 10.2 Å². The number of esters is 1. The van der Waals surface area contributed by atoms with Crippen LogP contribution in [0.3, 0.4) is 0 Å². The van der Waals surface area contributed by atoms with Crippen molar-refractivity contribution in [1.82, 2.24) is 10.2 Å². The molecule has 1 aliphatic rings. The van der Waals surface area contributed by atoms with Crippen LogP contribution >= 0.6 is 12.4 Å². The highest BCUT2D eigenvalue weighted by atomic mass is 35.5. The summed E-state index contributed by atoms with van der Waals surface area (Å²) in [7, 11) is 0. The smallest absolute Gasteiger partial charge is 0.308 e. The first-order valence-electron chi connectivity index (χ1n) is 6.68. The number of hydrogen-bond donors (Lipinski definition) is 3. The number of phenolic OH excluding ortho intramolecular Hbond substituents is 1. The van der Waals surface area contributed by atoms with Crippen molar-refractivity contribution in [1.29, 1.82) is 0 Å². The number of carbonyl (C=O) groups is 1. The summed E-state index contributed by atoms with van der Waals surface area (Å²) in [6.07, 6.45) is 0. The SMILES string of the molecule is CC(=O)Oc1ccc([C@H](CO)N2CCNCC2)cc1O.Cl. The van der Waals surface area contributed by atoms with Crippen molar-refractivity contribution in [2.24, 2.45) is 0 Å². The fourth-order valence-corrected chi connectivity index (χ4v) is 2.41. The Morgan fingerprint density at radius 3 is 2.62 bits per heavy atom. The molecule has 1 saturated heterocycles. The lowest BCUT2D eigenvalue weighted by Gasteiger charge is -2.34.